The average molecular weight is 258 g/mol. The molecule has 0 spiro atoms. The lowest BCUT2D eigenvalue weighted by molar-refractivity contribution is 0.888. The van der Waals surface area contributed by atoms with Crippen LogP contribution in [0.25, 0.3) is 11.0 Å². The standard InChI is InChI=1S/C13H14N4S/c1-17(7-9-4-5-18-8-9)13-15-11-3-2-10(14)6-12(11)16-13/h2-6,8H,7,14H2,1H3,(H,15,16). The molecule has 0 fully saturated rings. The monoisotopic (exact) mass is 258 g/mol. The number of nitrogen functional groups attached to an aromatic ring is 1. The van der Waals surface area contributed by atoms with Crippen molar-refractivity contribution in [3.05, 3.63) is 40.6 Å². The summed E-state index contributed by atoms with van der Waals surface area (Å²) in [6.45, 7) is 0.846. The second kappa shape index (κ2) is 4.34. The van der Waals surface area contributed by atoms with E-state index in [1.54, 1.807) is 11.3 Å². The number of imidazole rings is 1. The summed E-state index contributed by atoms with van der Waals surface area (Å²) in [5.74, 6) is 0.863. The highest BCUT2D eigenvalue weighted by Crippen LogP contribution is 2.20. The van der Waals surface area contributed by atoms with Crippen molar-refractivity contribution >= 4 is 34.0 Å². The molecule has 0 aliphatic rings. The topological polar surface area (TPSA) is 57.9 Å². The molecule has 3 rings (SSSR count). The van der Waals surface area contributed by atoms with Crippen LogP contribution in [0.2, 0.25) is 0 Å². The first-order valence-electron chi connectivity index (χ1n) is 5.70. The van der Waals surface area contributed by atoms with Crippen LogP contribution in [0.1, 0.15) is 5.56 Å². The van der Waals surface area contributed by atoms with Crippen molar-refractivity contribution < 1.29 is 0 Å². The van der Waals surface area contributed by atoms with Gasteiger partial charge in [0.05, 0.1) is 11.0 Å². The van der Waals surface area contributed by atoms with Crippen molar-refractivity contribution in [1.82, 2.24) is 9.97 Å². The van der Waals surface area contributed by atoms with Gasteiger partial charge in [-0.25, -0.2) is 4.98 Å². The van der Waals surface area contributed by atoms with Crippen molar-refractivity contribution in [2.75, 3.05) is 17.7 Å². The van der Waals surface area contributed by atoms with Gasteiger partial charge >= 0.3 is 0 Å². The molecular weight excluding hydrogens is 244 g/mol. The fourth-order valence-corrected chi connectivity index (χ4v) is 2.59. The number of nitrogens with zero attached hydrogens (tertiary/aromatic N) is 2. The molecule has 0 bridgehead atoms. The molecule has 0 aliphatic carbocycles. The second-order valence-electron chi connectivity index (χ2n) is 4.32. The minimum Gasteiger partial charge on any atom is -0.399 e. The number of aromatic amines is 1. The van der Waals surface area contributed by atoms with Crippen molar-refractivity contribution in [2.45, 2.75) is 6.54 Å². The van der Waals surface area contributed by atoms with E-state index in [2.05, 4.69) is 31.7 Å². The molecule has 0 aliphatic heterocycles. The smallest absolute Gasteiger partial charge is 0.203 e. The van der Waals surface area contributed by atoms with E-state index in [4.69, 9.17) is 5.73 Å². The molecule has 0 saturated heterocycles. The number of nitrogens with two attached hydrogens (primary N) is 1. The highest BCUT2D eigenvalue weighted by molar-refractivity contribution is 7.07. The molecule has 0 saturated carbocycles. The fourth-order valence-electron chi connectivity index (χ4n) is 1.93. The first-order valence-corrected chi connectivity index (χ1v) is 6.64. The van der Waals surface area contributed by atoms with E-state index >= 15 is 0 Å². The van der Waals surface area contributed by atoms with Gasteiger partial charge in [0.2, 0.25) is 5.95 Å². The van der Waals surface area contributed by atoms with E-state index in [0.717, 1.165) is 29.2 Å². The quantitative estimate of drug-likeness (QED) is 0.710. The number of aromatic nitrogens is 2. The summed E-state index contributed by atoms with van der Waals surface area (Å²) in [7, 11) is 2.03. The number of H-pyrrole nitrogens is 1. The molecule has 4 nitrogen and oxygen atoms in total. The number of hydrogen-bond donors (Lipinski definition) is 2. The highest BCUT2D eigenvalue weighted by Gasteiger charge is 2.08. The third-order valence-electron chi connectivity index (χ3n) is 2.85. The van der Waals surface area contributed by atoms with Gasteiger partial charge in [0.15, 0.2) is 0 Å². The van der Waals surface area contributed by atoms with E-state index < -0.39 is 0 Å². The van der Waals surface area contributed by atoms with Crippen molar-refractivity contribution in [3.8, 4) is 0 Å². The van der Waals surface area contributed by atoms with Crippen LogP contribution >= 0.6 is 11.3 Å². The summed E-state index contributed by atoms with van der Waals surface area (Å²) < 4.78 is 0. The van der Waals surface area contributed by atoms with Crippen molar-refractivity contribution in [1.29, 1.82) is 0 Å². The first kappa shape index (κ1) is 11.1. The fraction of sp³-hybridized carbons (Fsp3) is 0.154. The molecule has 5 heteroatoms. The molecule has 0 amide bonds. The number of fused-ring (bicyclic) bond motifs is 1. The molecule has 3 aromatic rings. The Labute approximate surface area is 109 Å². The van der Waals surface area contributed by atoms with Gasteiger partial charge in [-0.1, -0.05) is 0 Å². The largest absolute Gasteiger partial charge is 0.399 e. The zero-order valence-corrected chi connectivity index (χ0v) is 10.9. The predicted molar refractivity (Wildman–Crippen MR) is 76.9 cm³/mol. The van der Waals surface area contributed by atoms with Gasteiger partial charge in [-0.3, -0.25) is 0 Å². The van der Waals surface area contributed by atoms with Crippen LogP contribution < -0.4 is 10.6 Å². The second-order valence-corrected chi connectivity index (χ2v) is 5.10. The van der Waals surface area contributed by atoms with Crippen LogP contribution in [0.15, 0.2) is 35.0 Å². The molecule has 2 aromatic heterocycles. The Morgan fingerprint density at radius 1 is 1.39 bits per heavy atom. The lowest BCUT2D eigenvalue weighted by atomic mass is 10.3. The Balaban J connectivity index is 1.89. The number of hydrogen-bond acceptors (Lipinski definition) is 4. The van der Waals surface area contributed by atoms with Gasteiger partial charge in [-0.2, -0.15) is 11.3 Å². The minimum absolute atomic E-state index is 0.748. The molecule has 0 radical (unpaired) electrons. The van der Waals surface area contributed by atoms with Crippen LogP contribution in [0.3, 0.4) is 0 Å². The molecule has 0 unspecified atom stereocenters. The molecular formula is C13H14N4S. The Hall–Kier alpha value is -2.01. The van der Waals surface area contributed by atoms with E-state index in [1.165, 1.54) is 5.56 Å². The summed E-state index contributed by atoms with van der Waals surface area (Å²) in [6.07, 6.45) is 0. The molecule has 2 heterocycles. The van der Waals surface area contributed by atoms with E-state index in [9.17, 15) is 0 Å². The summed E-state index contributed by atoms with van der Waals surface area (Å²) in [4.78, 5) is 9.93. The predicted octanol–water partition coefficient (Wildman–Crippen LogP) is 2.84. The van der Waals surface area contributed by atoms with E-state index in [0.29, 0.717) is 0 Å². The average Bonchev–Trinajstić information content (AvgIpc) is 2.96. The maximum absolute atomic E-state index is 5.76. The van der Waals surface area contributed by atoms with E-state index in [1.807, 2.05) is 25.2 Å². The van der Waals surface area contributed by atoms with Crippen LogP contribution in [0.5, 0.6) is 0 Å². The molecule has 0 atom stereocenters. The zero-order chi connectivity index (χ0) is 12.5. The van der Waals surface area contributed by atoms with Crippen molar-refractivity contribution in [3.63, 3.8) is 0 Å². The van der Waals surface area contributed by atoms with Gasteiger partial charge in [0.1, 0.15) is 0 Å². The normalized spacial score (nSPS) is 10.9. The van der Waals surface area contributed by atoms with Crippen LogP contribution in [-0.2, 0) is 6.54 Å². The Kier molecular flexibility index (Phi) is 2.68. The Morgan fingerprint density at radius 3 is 3.06 bits per heavy atom. The SMILES string of the molecule is CN(Cc1ccsc1)c1nc2ccc(N)cc2[nH]1. The minimum atomic E-state index is 0.748. The number of rotatable bonds is 3. The van der Waals surface area contributed by atoms with Crippen molar-refractivity contribution in [2.24, 2.45) is 0 Å². The third kappa shape index (κ3) is 2.04. The van der Waals surface area contributed by atoms with Crippen LogP contribution in [0.4, 0.5) is 11.6 Å². The van der Waals surface area contributed by atoms with Gasteiger partial charge < -0.3 is 15.6 Å². The zero-order valence-electron chi connectivity index (χ0n) is 10.1. The number of benzene rings is 1. The van der Waals surface area contributed by atoms with Gasteiger partial charge in [0.25, 0.3) is 0 Å². The lowest BCUT2D eigenvalue weighted by Crippen LogP contribution is -2.17. The summed E-state index contributed by atoms with van der Waals surface area (Å²) in [5, 5.41) is 4.24. The Morgan fingerprint density at radius 2 is 2.28 bits per heavy atom. The summed E-state index contributed by atoms with van der Waals surface area (Å²) in [6, 6.07) is 7.83. The first-order chi connectivity index (χ1) is 8.72. The number of anilines is 2. The Bertz CT molecular complexity index is 657. The van der Waals surface area contributed by atoms with Crippen LogP contribution in [-0.4, -0.2) is 17.0 Å². The number of thiophene rings is 1. The van der Waals surface area contributed by atoms with Gasteiger partial charge in [0, 0.05) is 19.3 Å². The van der Waals surface area contributed by atoms with E-state index in [-0.39, 0.29) is 0 Å². The van der Waals surface area contributed by atoms with Gasteiger partial charge in [-0.05, 0) is 40.6 Å². The van der Waals surface area contributed by atoms with Gasteiger partial charge in [-0.15, -0.1) is 0 Å². The maximum atomic E-state index is 5.76. The number of nitrogens with one attached hydrogen (secondary N) is 1. The lowest BCUT2D eigenvalue weighted by Gasteiger charge is -2.14. The maximum Gasteiger partial charge on any atom is 0.203 e. The summed E-state index contributed by atoms with van der Waals surface area (Å²) in [5.41, 5.74) is 9.72. The third-order valence-corrected chi connectivity index (χ3v) is 3.59. The van der Waals surface area contributed by atoms with Crippen LogP contribution in [0, 0.1) is 0 Å². The highest BCUT2D eigenvalue weighted by atomic mass is 32.1. The molecule has 3 N–H and O–H groups in total. The molecule has 1 aromatic carbocycles. The molecule has 92 valence electrons. The molecule has 18 heavy (non-hydrogen) atoms. The summed E-state index contributed by atoms with van der Waals surface area (Å²) >= 11 is 1.71.